The van der Waals surface area contributed by atoms with E-state index in [0.717, 1.165) is 0 Å². The normalized spacial score (nSPS) is 10.2. The number of ether oxygens (including phenoxy) is 1. The average molecular weight is 245 g/mol. The van der Waals surface area contributed by atoms with Crippen molar-refractivity contribution in [1.82, 2.24) is 0 Å². The van der Waals surface area contributed by atoms with Crippen molar-refractivity contribution in [1.29, 1.82) is 0 Å². The number of benzene rings is 1. The van der Waals surface area contributed by atoms with Gasteiger partial charge in [0, 0.05) is 0 Å². The number of halogens is 4. The molecule has 1 rings (SSSR count). The molecule has 0 bridgehead atoms. The first-order chi connectivity index (χ1) is 6.00. The van der Waals surface area contributed by atoms with Crippen LogP contribution >= 0.6 is 34.8 Å². The Morgan fingerprint density at radius 3 is 2.15 bits per heavy atom. The zero-order valence-corrected chi connectivity index (χ0v) is 8.64. The topological polar surface area (TPSA) is 29.5 Å². The third-order valence-corrected chi connectivity index (χ3v) is 2.44. The van der Waals surface area contributed by atoms with Crippen LogP contribution in [-0.2, 0) is 0 Å². The molecule has 1 N–H and O–H groups in total. The number of hydrogen-bond acceptors (Lipinski definition) is 2. The minimum absolute atomic E-state index is 0.136. The second-order valence-electron chi connectivity index (χ2n) is 2.14. The lowest BCUT2D eigenvalue weighted by atomic mass is 10.3. The van der Waals surface area contributed by atoms with Gasteiger partial charge in [-0.1, -0.05) is 34.8 Å². The van der Waals surface area contributed by atoms with Crippen LogP contribution in [0.4, 0.5) is 4.39 Å². The Morgan fingerprint density at radius 1 is 1.15 bits per heavy atom. The van der Waals surface area contributed by atoms with Gasteiger partial charge in [-0.2, -0.15) is 0 Å². The van der Waals surface area contributed by atoms with E-state index in [0.29, 0.717) is 0 Å². The first-order valence-electron chi connectivity index (χ1n) is 3.09. The van der Waals surface area contributed by atoms with E-state index in [1.807, 2.05) is 0 Å². The number of methoxy groups -OCH3 is 1. The van der Waals surface area contributed by atoms with Crippen molar-refractivity contribution in [2.24, 2.45) is 0 Å². The standard InChI is InChI=1S/C7H4Cl3FO2/c1-13-7-3(9)5(11)2(8)6(12)4(7)10/h12H,1H3. The van der Waals surface area contributed by atoms with Gasteiger partial charge in [0.1, 0.15) is 15.1 Å². The summed E-state index contributed by atoms with van der Waals surface area (Å²) in [5, 5.41) is 8.10. The van der Waals surface area contributed by atoms with Gasteiger partial charge in [-0.15, -0.1) is 0 Å². The van der Waals surface area contributed by atoms with Crippen LogP contribution in [0.2, 0.25) is 15.1 Å². The molecule has 1 aromatic carbocycles. The summed E-state index contributed by atoms with van der Waals surface area (Å²) in [6.45, 7) is 0. The van der Waals surface area contributed by atoms with Gasteiger partial charge < -0.3 is 9.84 Å². The number of phenols is 1. The molecule has 0 amide bonds. The Bertz CT molecular complexity index is 325. The molecule has 0 spiro atoms. The average Bonchev–Trinajstić information content (AvgIpc) is 2.13. The summed E-state index contributed by atoms with van der Waals surface area (Å²) in [4.78, 5) is 0. The van der Waals surface area contributed by atoms with Crippen molar-refractivity contribution in [3.05, 3.63) is 20.9 Å². The molecule has 6 heteroatoms. The lowest BCUT2D eigenvalue weighted by Crippen LogP contribution is -1.90. The van der Waals surface area contributed by atoms with Gasteiger partial charge in [0.25, 0.3) is 0 Å². The Labute approximate surface area is 88.8 Å². The van der Waals surface area contributed by atoms with Gasteiger partial charge in [-0.25, -0.2) is 4.39 Å². The van der Waals surface area contributed by atoms with E-state index < -0.39 is 16.6 Å². The third kappa shape index (κ3) is 1.64. The molecule has 2 nitrogen and oxygen atoms in total. The highest BCUT2D eigenvalue weighted by Gasteiger charge is 2.21. The summed E-state index contributed by atoms with van der Waals surface area (Å²) in [7, 11) is 1.25. The summed E-state index contributed by atoms with van der Waals surface area (Å²) < 4.78 is 17.7. The first-order valence-corrected chi connectivity index (χ1v) is 4.23. The third-order valence-electron chi connectivity index (χ3n) is 1.40. The minimum Gasteiger partial charge on any atom is -0.505 e. The van der Waals surface area contributed by atoms with Gasteiger partial charge in [-0.3, -0.25) is 0 Å². The quantitative estimate of drug-likeness (QED) is 0.606. The Morgan fingerprint density at radius 2 is 1.69 bits per heavy atom. The molecule has 0 saturated carbocycles. The largest absolute Gasteiger partial charge is 0.505 e. The van der Waals surface area contributed by atoms with E-state index in [1.165, 1.54) is 7.11 Å². The highest BCUT2D eigenvalue weighted by Crippen LogP contribution is 2.45. The van der Waals surface area contributed by atoms with Gasteiger partial charge in [0.15, 0.2) is 17.3 Å². The van der Waals surface area contributed by atoms with E-state index in [-0.39, 0.29) is 15.8 Å². The number of rotatable bonds is 1. The Hall–Kier alpha value is -0.380. The van der Waals surface area contributed by atoms with Crippen LogP contribution in [0, 0.1) is 5.82 Å². The number of aromatic hydroxyl groups is 1. The van der Waals surface area contributed by atoms with E-state index in [1.54, 1.807) is 0 Å². The first kappa shape index (κ1) is 10.7. The van der Waals surface area contributed by atoms with E-state index in [2.05, 4.69) is 4.74 Å². The van der Waals surface area contributed by atoms with Crippen LogP contribution < -0.4 is 4.74 Å². The van der Waals surface area contributed by atoms with Crippen molar-refractivity contribution in [2.75, 3.05) is 7.11 Å². The predicted octanol–water partition coefficient (Wildman–Crippen LogP) is 3.50. The van der Waals surface area contributed by atoms with E-state index in [4.69, 9.17) is 34.8 Å². The molecule has 0 atom stereocenters. The fraction of sp³-hybridized carbons (Fsp3) is 0.143. The lowest BCUT2D eigenvalue weighted by molar-refractivity contribution is 0.403. The molecule has 0 aliphatic heterocycles. The number of hydrogen-bond donors (Lipinski definition) is 1. The van der Waals surface area contributed by atoms with E-state index in [9.17, 15) is 9.50 Å². The molecule has 0 unspecified atom stereocenters. The van der Waals surface area contributed by atoms with Crippen molar-refractivity contribution >= 4 is 34.8 Å². The maximum Gasteiger partial charge on any atom is 0.168 e. The zero-order valence-electron chi connectivity index (χ0n) is 6.37. The second kappa shape index (κ2) is 3.78. The molecule has 0 heterocycles. The molecular weight excluding hydrogens is 241 g/mol. The minimum atomic E-state index is -0.956. The highest BCUT2D eigenvalue weighted by molar-refractivity contribution is 6.42. The van der Waals surface area contributed by atoms with E-state index >= 15 is 0 Å². The molecule has 72 valence electrons. The summed E-state index contributed by atoms with van der Waals surface area (Å²) in [5.41, 5.74) is 0. The van der Waals surface area contributed by atoms with Crippen LogP contribution in [0.3, 0.4) is 0 Å². The molecule has 0 aliphatic rings. The second-order valence-corrected chi connectivity index (χ2v) is 3.27. The number of phenolic OH excluding ortho intramolecular Hbond substituents is 1. The van der Waals surface area contributed by atoms with Gasteiger partial charge in [0.2, 0.25) is 0 Å². The lowest BCUT2D eigenvalue weighted by Gasteiger charge is -2.09. The highest BCUT2D eigenvalue weighted by atomic mass is 35.5. The summed E-state index contributed by atoms with van der Waals surface area (Å²) in [5.74, 6) is -1.67. The van der Waals surface area contributed by atoms with Crippen LogP contribution in [0.1, 0.15) is 0 Å². The maximum atomic E-state index is 13.1. The van der Waals surface area contributed by atoms with Crippen LogP contribution in [0.25, 0.3) is 0 Å². The van der Waals surface area contributed by atoms with Crippen LogP contribution in [-0.4, -0.2) is 12.2 Å². The van der Waals surface area contributed by atoms with Crippen molar-refractivity contribution < 1.29 is 14.2 Å². The van der Waals surface area contributed by atoms with Gasteiger partial charge in [0.05, 0.1) is 7.11 Å². The molecule has 0 aliphatic carbocycles. The molecule has 13 heavy (non-hydrogen) atoms. The van der Waals surface area contributed by atoms with Gasteiger partial charge >= 0.3 is 0 Å². The van der Waals surface area contributed by atoms with Gasteiger partial charge in [-0.05, 0) is 0 Å². The monoisotopic (exact) mass is 244 g/mol. The Kier molecular flexibility index (Phi) is 3.11. The molecular formula is C7H4Cl3FO2. The summed E-state index contributed by atoms with van der Waals surface area (Å²) in [6.07, 6.45) is 0. The van der Waals surface area contributed by atoms with Crippen LogP contribution in [0.5, 0.6) is 11.5 Å². The van der Waals surface area contributed by atoms with Crippen molar-refractivity contribution in [3.63, 3.8) is 0 Å². The predicted molar refractivity (Wildman–Crippen MR) is 49.6 cm³/mol. The fourth-order valence-electron chi connectivity index (χ4n) is 0.779. The summed E-state index contributed by atoms with van der Waals surface area (Å²) in [6, 6.07) is 0. The smallest absolute Gasteiger partial charge is 0.168 e. The van der Waals surface area contributed by atoms with Crippen LogP contribution in [0.15, 0.2) is 0 Å². The molecule has 1 aromatic rings. The maximum absolute atomic E-state index is 13.1. The molecule has 0 saturated heterocycles. The van der Waals surface area contributed by atoms with Crippen molar-refractivity contribution in [3.8, 4) is 11.5 Å². The fourth-order valence-corrected chi connectivity index (χ4v) is 1.65. The molecule has 0 fully saturated rings. The molecule has 0 radical (unpaired) electrons. The zero-order chi connectivity index (χ0) is 10.2. The van der Waals surface area contributed by atoms with Crippen molar-refractivity contribution in [2.45, 2.75) is 0 Å². The summed E-state index contributed by atoms with van der Waals surface area (Å²) >= 11 is 16.4. The Balaban J connectivity index is 3.56. The molecule has 0 aromatic heterocycles. The SMILES string of the molecule is COc1c(Cl)c(O)c(Cl)c(F)c1Cl.